The molecule has 0 bridgehead atoms. The smallest absolute Gasteiger partial charge is 0.270 e. The molecule has 0 radical (unpaired) electrons. The van der Waals surface area contributed by atoms with Crippen LogP contribution in [-0.4, -0.2) is 54.0 Å². The summed E-state index contributed by atoms with van der Waals surface area (Å²) in [5, 5.41) is 3.68. The normalized spacial score (nSPS) is 17.8. The molecule has 2 fully saturated rings. The summed E-state index contributed by atoms with van der Waals surface area (Å²) in [4.78, 5) is 29.9. The Morgan fingerprint density at radius 3 is 2.63 bits per heavy atom. The Morgan fingerprint density at radius 1 is 1.13 bits per heavy atom. The number of likely N-dealkylation sites (tertiary alicyclic amines) is 1. The van der Waals surface area contributed by atoms with Gasteiger partial charge in [0.15, 0.2) is 0 Å². The molecule has 2 amide bonds. The van der Waals surface area contributed by atoms with Crippen molar-refractivity contribution >= 4 is 28.4 Å². The van der Waals surface area contributed by atoms with E-state index in [0.717, 1.165) is 38.0 Å². The van der Waals surface area contributed by atoms with Crippen molar-refractivity contribution in [3.05, 3.63) is 29.7 Å². The van der Waals surface area contributed by atoms with Crippen LogP contribution < -0.4 is 10.2 Å². The molecule has 2 aliphatic heterocycles. The molecule has 6 nitrogen and oxygen atoms in total. The number of piperidine rings is 1. The summed E-state index contributed by atoms with van der Waals surface area (Å²) >= 11 is 0. The van der Waals surface area contributed by atoms with Crippen molar-refractivity contribution in [2.45, 2.75) is 52.0 Å². The number of amides is 2. The van der Waals surface area contributed by atoms with Crippen molar-refractivity contribution < 1.29 is 14.0 Å². The lowest BCUT2D eigenvalue weighted by Gasteiger charge is -2.26. The first-order chi connectivity index (χ1) is 14.6. The molecule has 0 atom stereocenters. The summed E-state index contributed by atoms with van der Waals surface area (Å²) in [6.45, 7) is 6.96. The van der Waals surface area contributed by atoms with Crippen molar-refractivity contribution in [2.75, 3.05) is 37.6 Å². The maximum absolute atomic E-state index is 14.1. The van der Waals surface area contributed by atoms with Crippen LogP contribution in [0.1, 0.15) is 55.9 Å². The fourth-order valence-corrected chi connectivity index (χ4v) is 4.80. The second kappa shape index (κ2) is 9.16. The van der Waals surface area contributed by atoms with Gasteiger partial charge in [0, 0.05) is 31.4 Å². The topological polar surface area (TPSA) is 57.6 Å². The van der Waals surface area contributed by atoms with Crippen molar-refractivity contribution in [1.29, 1.82) is 0 Å². The number of carbonyl (C=O) groups is 2. The van der Waals surface area contributed by atoms with Crippen molar-refractivity contribution in [1.82, 2.24) is 14.8 Å². The van der Waals surface area contributed by atoms with E-state index in [0.29, 0.717) is 42.8 Å². The molecule has 1 aromatic heterocycles. The minimum Gasteiger partial charge on any atom is -0.351 e. The van der Waals surface area contributed by atoms with Crippen LogP contribution >= 0.6 is 0 Å². The monoisotopic (exact) mass is 414 g/mol. The number of aromatic nitrogens is 1. The highest BCUT2D eigenvalue weighted by Gasteiger charge is 2.31. The zero-order valence-corrected chi connectivity index (χ0v) is 17.8. The van der Waals surface area contributed by atoms with Gasteiger partial charge in [0.1, 0.15) is 11.5 Å². The quantitative estimate of drug-likeness (QED) is 0.705. The third-order valence-electron chi connectivity index (χ3n) is 6.26. The maximum atomic E-state index is 14.1. The molecular weight excluding hydrogens is 383 g/mol. The molecule has 30 heavy (non-hydrogen) atoms. The fourth-order valence-electron chi connectivity index (χ4n) is 4.80. The van der Waals surface area contributed by atoms with Crippen molar-refractivity contribution in [3.8, 4) is 0 Å². The van der Waals surface area contributed by atoms with Gasteiger partial charge in [-0.1, -0.05) is 6.42 Å². The standard InChI is InChI=1S/C23H31FN4O2/c1-2-27-19-10-9-17(24)16-18(19)21(28-15-6-8-20(28)29)22(27)23(30)25-11-7-14-26-12-4-3-5-13-26/h9-10,16H,2-8,11-15H2,1H3,(H,25,30). The number of benzene rings is 1. The van der Waals surface area contributed by atoms with Crippen LogP contribution in [0.4, 0.5) is 10.1 Å². The van der Waals surface area contributed by atoms with E-state index in [-0.39, 0.29) is 17.6 Å². The van der Waals surface area contributed by atoms with E-state index in [9.17, 15) is 14.0 Å². The van der Waals surface area contributed by atoms with E-state index in [2.05, 4.69) is 10.2 Å². The number of hydrogen-bond acceptors (Lipinski definition) is 3. The van der Waals surface area contributed by atoms with Gasteiger partial charge in [-0.3, -0.25) is 9.59 Å². The number of fused-ring (bicyclic) bond motifs is 1. The van der Waals surface area contributed by atoms with Crippen LogP contribution in [0.5, 0.6) is 0 Å². The molecule has 3 heterocycles. The Bertz CT molecular complexity index is 933. The van der Waals surface area contributed by atoms with Gasteiger partial charge >= 0.3 is 0 Å². The van der Waals surface area contributed by atoms with Crippen LogP contribution in [0.25, 0.3) is 10.9 Å². The first-order valence-corrected chi connectivity index (χ1v) is 11.2. The Morgan fingerprint density at radius 2 is 1.93 bits per heavy atom. The van der Waals surface area contributed by atoms with Gasteiger partial charge in [-0.2, -0.15) is 0 Å². The highest BCUT2D eigenvalue weighted by atomic mass is 19.1. The Balaban J connectivity index is 1.58. The number of hydrogen-bond donors (Lipinski definition) is 1. The summed E-state index contributed by atoms with van der Waals surface area (Å²) in [5.41, 5.74) is 1.81. The third kappa shape index (κ3) is 4.08. The van der Waals surface area contributed by atoms with E-state index in [1.807, 2.05) is 11.5 Å². The number of halogens is 1. The molecule has 2 saturated heterocycles. The molecule has 7 heteroatoms. The van der Waals surface area contributed by atoms with Gasteiger partial charge in [-0.25, -0.2) is 4.39 Å². The fraction of sp³-hybridized carbons (Fsp3) is 0.565. The number of rotatable bonds is 7. The van der Waals surface area contributed by atoms with Gasteiger partial charge < -0.3 is 19.7 Å². The van der Waals surface area contributed by atoms with Crippen LogP contribution in [0.3, 0.4) is 0 Å². The van der Waals surface area contributed by atoms with Crippen LogP contribution in [0, 0.1) is 5.82 Å². The maximum Gasteiger partial charge on any atom is 0.270 e. The van der Waals surface area contributed by atoms with E-state index < -0.39 is 0 Å². The molecule has 0 aliphatic carbocycles. The summed E-state index contributed by atoms with van der Waals surface area (Å²) < 4.78 is 16.0. The lowest BCUT2D eigenvalue weighted by atomic mass is 10.1. The summed E-state index contributed by atoms with van der Waals surface area (Å²) in [5.74, 6) is -0.562. The lowest BCUT2D eigenvalue weighted by molar-refractivity contribution is -0.117. The minimum atomic E-state index is -0.364. The largest absolute Gasteiger partial charge is 0.351 e. The highest BCUT2D eigenvalue weighted by Crippen LogP contribution is 2.37. The average Bonchev–Trinajstić information content (AvgIpc) is 3.31. The van der Waals surface area contributed by atoms with Gasteiger partial charge in [0.2, 0.25) is 5.91 Å². The molecule has 162 valence electrons. The molecule has 2 aliphatic rings. The molecule has 2 aromatic rings. The molecule has 1 aromatic carbocycles. The predicted molar refractivity (Wildman–Crippen MR) is 116 cm³/mol. The van der Waals surface area contributed by atoms with E-state index in [4.69, 9.17) is 0 Å². The molecule has 1 N–H and O–H groups in total. The van der Waals surface area contributed by atoms with E-state index in [1.54, 1.807) is 11.0 Å². The summed E-state index contributed by atoms with van der Waals surface area (Å²) in [6, 6.07) is 4.55. The molecule has 4 rings (SSSR count). The molecule has 0 unspecified atom stereocenters. The molecule has 0 saturated carbocycles. The predicted octanol–water partition coefficient (Wildman–Crippen LogP) is 3.53. The van der Waals surface area contributed by atoms with Crippen molar-refractivity contribution in [3.63, 3.8) is 0 Å². The highest BCUT2D eigenvalue weighted by molar-refractivity contribution is 6.14. The number of carbonyl (C=O) groups excluding carboxylic acids is 2. The van der Waals surface area contributed by atoms with Crippen molar-refractivity contribution in [2.24, 2.45) is 0 Å². The SMILES string of the molecule is CCn1c(C(=O)NCCCN2CCCCC2)c(N2CCCC2=O)c2cc(F)ccc21. The van der Waals surface area contributed by atoms with E-state index in [1.165, 1.54) is 31.4 Å². The van der Waals surface area contributed by atoms with Gasteiger partial charge in [0.25, 0.3) is 5.91 Å². The summed E-state index contributed by atoms with van der Waals surface area (Å²) in [7, 11) is 0. The van der Waals surface area contributed by atoms with Gasteiger partial charge in [-0.15, -0.1) is 0 Å². The lowest BCUT2D eigenvalue weighted by Crippen LogP contribution is -2.34. The van der Waals surface area contributed by atoms with Gasteiger partial charge in [0.05, 0.1) is 11.2 Å². The average molecular weight is 415 g/mol. The first-order valence-electron chi connectivity index (χ1n) is 11.2. The molecule has 0 spiro atoms. The van der Waals surface area contributed by atoms with Gasteiger partial charge in [-0.05, 0) is 70.4 Å². The zero-order valence-electron chi connectivity index (χ0n) is 17.8. The van der Waals surface area contributed by atoms with Crippen LogP contribution in [0.15, 0.2) is 18.2 Å². The number of nitrogens with zero attached hydrogens (tertiary/aromatic N) is 3. The Kier molecular flexibility index (Phi) is 6.37. The second-order valence-electron chi connectivity index (χ2n) is 8.26. The zero-order chi connectivity index (χ0) is 21.1. The molecular formula is C23H31FN4O2. The van der Waals surface area contributed by atoms with E-state index >= 15 is 0 Å². The number of aryl methyl sites for hydroxylation is 1. The summed E-state index contributed by atoms with van der Waals surface area (Å²) in [6.07, 6.45) is 5.94. The van der Waals surface area contributed by atoms with Crippen LogP contribution in [0.2, 0.25) is 0 Å². The van der Waals surface area contributed by atoms with Crippen LogP contribution in [-0.2, 0) is 11.3 Å². The first kappa shape index (κ1) is 20.8. The minimum absolute atomic E-state index is 0.00596. The number of nitrogens with one attached hydrogen (secondary N) is 1. The second-order valence-corrected chi connectivity index (χ2v) is 8.26. The Hall–Kier alpha value is -2.41. The Labute approximate surface area is 177 Å². The third-order valence-corrected chi connectivity index (χ3v) is 6.26. The number of anilines is 1.